The van der Waals surface area contributed by atoms with Gasteiger partial charge in [-0.25, -0.2) is 4.98 Å². The van der Waals surface area contributed by atoms with Crippen LogP contribution in [0.1, 0.15) is 16.8 Å². The highest BCUT2D eigenvalue weighted by Crippen LogP contribution is 2.38. The van der Waals surface area contributed by atoms with Crippen LogP contribution in [-0.2, 0) is 6.18 Å². The summed E-state index contributed by atoms with van der Waals surface area (Å²) in [6.07, 6.45) is -4.50. The Morgan fingerprint density at radius 3 is 2.37 bits per heavy atom. The van der Waals surface area contributed by atoms with Gasteiger partial charge in [-0.3, -0.25) is 0 Å². The quantitative estimate of drug-likeness (QED) is 0.832. The number of rotatable bonds is 1. The lowest BCUT2D eigenvalue weighted by Crippen LogP contribution is -2.12. The molecule has 0 aliphatic carbocycles. The minimum absolute atomic E-state index is 0.0733. The average Bonchev–Trinajstić information content (AvgIpc) is 2.26. The Hall–Kier alpha value is -1.49. The van der Waals surface area contributed by atoms with Crippen molar-refractivity contribution in [3.63, 3.8) is 0 Å². The molecule has 0 amide bonds. The fourth-order valence-electron chi connectivity index (χ4n) is 2.15. The van der Waals surface area contributed by atoms with Crippen LogP contribution in [0.2, 0.25) is 5.02 Å². The number of anilines is 1. The molecule has 0 fully saturated rings. The fraction of sp³-hybridized carbons (Fsp3) is 0.308. The number of aromatic nitrogens is 1. The van der Waals surface area contributed by atoms with Crippen LogP contribution in [0.15, 0.2) is 12.1 Å². The van der Waals surface area contributed by atoms with Gasteiger partial charge in [0.25, 0.3) is 0 Å². The highest BCUT2D eigenvalue weighted by atomic mass is 35.5. The number of aryl methyl sites for hydroxylation is 1. The molecule has 2 aromatic rings. The molecule has 0 unspecified atom stereocenters. The number of pyridine rings is 1. The molecule has 1 heterocycles. The van der Waals surface area contributed by atoms with Crippen molar-refractivity contribution in [1.82, 2.24) is 4.98 Å². The van der Waals surface area contributed by atoms with Crippen molar-refractivity contribution in [2.24, 2.45) is 0 Å². The molecular weight excluding hydrogens is 277 g/mol. The van der Waals surface area contributed by atoms with Gasteiger partial charge < -0.3 is 5.32 Å². The van der Waals surface area contributed by atoms with Gasteiger partial charge in [0.2, 0.25) is 0 Å². The molecule has 6 heteroatoms. The molecule has 0 aliphatic heterocycles. The van der Waals surface area contributed by atoms with Crippen LogP contribution in [0.5, 0.6) is 0 Å². The van der Waals surface area contributed by atoms with E-state index in [1.165, 1.54) is 6.92 Å². The maximum absolute atomic E-state index is 13.0. The molecule has 0 atom stereocenters. The SMILES string of the molecule is CNc1c(C)c(C(F)(F)F)nc2c(Cl)cc(C)cc12. The molecule has 19 heavy (non-hydrogen) atoms. The Bertz CT molecular complexity index is 651. The molecule has 0 spiro atoms. The van der Waals surface area contributed by atoms with Crippen LogP contribution in [0.4, 0.5) is 18.9 Å². The largest absolute Gasteiger partial charge is 0.433 e. The van der Waals surface area contributed by atoms with Crippen LogP contribution in [-0.4, -0.2) is 12.0 Å². The number of nitrogens with one attached hydrogen (secondary N) is 1. The third kappa shape index (κ3) is 2.34. The Morgan fingerprint density at radius 1 is 1.21 bits per heavy atom. The molecule has 0 saturated carbocycles. The Kier molecular flexibility index (Phi) is 3.34. The topological polar surface area (TPSA) is 24.9 Å². The van der Waals surface area contributed by atoms with E-state index in [4.69, 9.17) is 11.6 Å². The van der Waals surface area contributed by atoms with Crippen molar-refractivity contribution in [1.29, 1.82) is 0 Å². The Labute approximate surface area is 113 Å². The smallest absolute Gasteiger partial charge is 0.387 e. The number of hydrogen-bond donors (Lipinski definition) is 1. The van der Waals surface area contributed by atoms with Gasteiger partial charge in [0.1, 0.15) is 5.69 Å². The maximum Gasteiger partial charge on any atom is 0.433 e. The first-order valence-corrected chi connectivity index (χ1v) is 5.99. The standard InChI is InChI=1S/C13H12ClF3N2/c1-6-4-8-10(18-3)7(2)12(13(15,16)17)19-11(8)9(14)5-6/h4-5H,1-3H3,(H,18,19). The van der Waals surface area contributed by atoms with Crippen molar-refractivity contribution in [2.75, 3.05) is 12.4 Å². The van der Waals surface area contributed by atoms with Crippen LogP contribution >= 0.6 is 11.6 Å². The predicted octanol–water partition coefficient (Wildman–Crippen LogP) is 4.57. The van der Waals surface area contributed by atoms with E-state index in [2.05, 4.69) is 10.3 Å². The van der Waals surface area contributed by atoms with Crippen molar-refractivity contribution >= 4 is 28.2 Å². The summed E-state index contributed by atoms with van der Waals surface area (Å²) in [5.74, 6) is 0. The Balaban J connectivity index is 2.95. The predicted molar refractivity (Wildman–Crippen MR) is 70.8 cm³/mol. The van der Waals surface area contributed by atoms with E-state index in [0.717, 1.165) is 5.56 Å². The van der Waals surface area contributed by atoms with Gasteiger partial charge in [-0.1, -0.05) is 11.6 Å². The lowest BCUT2D eigenvalue weighted by atomic mass is 10.0. The minimum Gasteiger partial charge on any atom is -0.387 e. The minimum atomic E-state index is -4.50. The molecule has 1 N–H and O–H groups in total. The summed E-state index contributed by atoms with van der Waals surface area (Å²) in [5, 5.41) is 3.62. The zero-order chi connectivity index (χ0) is 14.4. The molecule has 2 rings (SSSR count). The first kappa shape index (κ1) is 13.9. The summed E-state index contributed by atoms with van der Waals surface area (Å²) >= 11 is 6.01. The van der Waals surface area contributed by atoms with Crippen LogP contribution < -0.4 is 5.32 Å². The van der Waals surface area contributed by atoms with E-state index in [0.29, 0.717) is 11.1 Å². The monoisotopic (exact) mass is 288 g/mol. The number of benzene rings is 1. The van der Waals surface area contributed by atoms with E-state index in [9.17, 15) is 13.2 Å². The third-order valence-electron chi connectivity index (χ3n) is 2.95. The number of alkyl halides is 3. The van der Waals surface area contributed by atoms with Gasteiger partial charge in [0, 0.05) is 23.7 Å². The second kappa shape index (κ2) is 4.56. The van der Waals surface area contributed by atoms with E-state index in [-0.39, 0.29) is 16.1 Å². The summed E-state index contributed by atoms with van der Waals surface area (Å²) in [4.78, 5) is 3.70. The van der Waals surface area contributed by atoms with E-state index in [1.54, 1.807) is 19.2 Å². The average molecular weight is 289 g/mol. The molecule has 102 valence electrons. The molecular formula is C13H12ClF3N2. The summed E-state index contributed by atoms with van der Waals surface area (Å²) < 4.78 is 38.9. The lowest BCUT2D eigenvalue weighted by molar-refractivity contribution is -0.141. The van der Waals surface area contributed by atoms with Crippen molar-refractivity contribution in [3.05, 3.63) is 34.0 Å². The summed E-state index contributed by atoms with van der Waals surface area (Å²) in [6, 6.07) is 3.37. The van der Waals surface area contributed by atoms with Crippen molar-refractivity contribution in [2.45, 2.75) is 20.0 Å². The van der Waals surface area contributed by atoms with Crippen LogP contribution in [0.25, 0.3) is 10.9 Å². The van der Waals surface area contributed by atoms with E-state index >= 15 is 0 Å². The van der Waals surface area contributed by atoms with Crippen LogP contribution in [0, 0.1) is 13.8 Å². The third-order valence-corrected chi connectivity index (χ3v) is 3.24. The molecule has 0 aliphatic rings. The second-order valence-electron chi connectivity index (χ2n) is 4.35. The highest BCUT2D eigenvalue weighted by molar-refractivity contribution is 6.35. The molecule has 1 aromatic carbocycles. The van der Waals surface area contributed by atoms with E-state index < -0.39 is 11.9 Å². The van der Waals surface area contributed by atoms with Gasteiger partial charge in [0.05, 0.1) is 10.5 Å². The zero-order valence-corrected chi connectivity index (χ0v) is 11.4. The van der Waals surface area contributed by atoms with Gasteiger partial charge >= 0.3 is 6.18 Å². The van der Waals surface area contributed by atoms with Gasteiger partial charge in [0.15, 0.2) is 0 Å². The number of nitrogens with zero attached hydrogens (tertiary/aromatic N) is 1. The molecule has 0 saturated heterocycles. The fourth-order valence-corrected chi connectivity index (χ4v) is 2.47. The Morgan fingerprint density at radius 2 is 1.84 bits per heavy atom. The first-order valence-electron chi connectivity index (χ1n) is 5.61. The number of fused-ring (bicyclic) bond motifs is 1. The highest BCUT2D eigenvalue weighted by Gasteiger charge is 2.36. The maximum atomic E-state index is 13.0. The molecule has 1 aromatic heterocycles. The summed E-state index contributed by atoms with van der Waals surface area (Å²) in [5.41, 5.74) is 0.603. The van der Waals surface area contributed by atoms with Crippen molar-refractivity contribution < 1.29 is 13.2 Å². The van der Waals surface area contributed by atoms with Crippen LogP contribution in [0.3, 0.4) is 0 Å². The van der Waals surface area contributed by atoms with Gasteiger partial charge in [-0.15, -0.1) is 0 Å². The number of hydrogen-bond acceptors (Lipinski definition) is 2. The normalized spacial score (nSPS) is 11.9. The second-order valence-corrected chi connectivity index (χ2v) is 4.76. The first-order chi connectivity index (χ1) is 8.75. The van der Waals surface area contributed by atoms with E-state index in [1.807, 2.05) is 6.92 Å². The van der Waals surface area contributed by atoms with Crippen molar-refractivity contribution in [3.8, 4) is 0 Å². The van der Waals surface area contributed by atoms with Gasteiger partial charge in [-0.05, 0) is 31.5 Å². The zero-order valence-electron chi connectivity index (χ0n) is 10.6. The van der Waals surface area contributed by atoms with Gasteiger partial charge in [-0.2, -0.15) is 13.2 Å². The molecule has 2 nitrogen and oxygen atoms in total. The molecule has 0 radical (unpaired) electrons. The summed E-state index contributed by atoms with van der Waals surface area (Å²) in [6.45, 7) is 3.23. The number of halogens is 4. The summed E-state index contributed by atoms with van der Waals surface area (Å²) in [7, 11) is 1.58. The lowest BCUT2D eigenvalue weighted by Gasteiger charge is -2.16. The molecule has 0 bridgehead atoms.